The van der Waals surface area contributed by atoms with Crippen molar-refractivity contribution in [3.63, 3.8) is 0 Å². The van der Waals surface area contributed by atoms with Crippen molar-refractivity contribution in [3.8, 4) is 11.1 Å². The molecule has 1 saturated heterocycles. The van der Waals surface area contributed by atoms with Crippen molar-refractivity contribution in [2.75, 3.05) is 36.8 Å². The number of nitrogens with two attached hydrogens (primary N) is 1. The first-order valence-electron chi connectivity index (χ1n) is 8.59. The van der Waals surface area contributed by atoms with Gasteiger partial charge in [0.05, 0.1) is 0 Å². The van der Waals surface area contributed by atoms with Crippen LogP contribution in [0.3, 0.4) is 0 Å². The lowest BCUT2D eigenvalue weighted by molar-refractivity contribution is 0.0240. The number of amides is 1. The van der Waals surface area contributed by atoms with E-state index in [2.05, 4.69) is 19.9 Å². The van der Waals surface area contributed by atoms with Gasteiger partial charge in [0.15, 0.2) is 0 Å². The number of rotatable bonds is 2. The van der Waals surface area contributed by atoms with Gasteiger partial charge >= 0.3 is 6.09 Å². The molecule has 1 aliphatic rings. The van der Waals surface area contributed by atoms with Crippen LogP contribution < -0.4 is 10.6 Å². The SMILES string of the molecule is CC(C)(C)OC(=O)N1CCN(c2ccc(-c3cnc(N)nc3)cn2)CC1. The number of hydrogen-bond acceptors (Lipinski definition) is 7. The van der Waals surface area contributed by atoms with Crippen molar-refractivity contribution in [1.29, 1.82) is 0 Å². The van der Waals surface area contributed by atoms with Crippen LogP contribution in [0.2, 0.25) is 0 Å². The summed E-state index contributed by atoms with van der Waals surface area (Å²) in [5.74, 6) is 1.13. The molecule has 3 heterocycles. The second-order valence-corrected chi connectivity index (χ2v) is 7.19. The summed E-state index contributed by atoms with van der Waals surface area (Å²) < 4.78 is 5.42. The fourth-order valence-electron chi connectivity index (χ4n) is 2.68. The van der Waals surface area contributed by atoms with Crippen LogP contribution in [-0.4, -0.2) is 57.7 Å². The van der Waals surface area contributed by atoms with E-state index < -0.39 is 5.60 Å². The Kier molecular flexibility index (Phi) is 4.92. The summed E-state index contributed by atoms with van der Waals surface area (Å²) in [5.41, 5.74) is 6.84. The molecule has 2 N–H and O–H groups in total. The van der Waals surface area contributed by atoms with Crippen LogP contribution in [0.15, 0.2) is 30.7 Å². The molecule has 0 bridgehead atoms. The predicted octanol–water partition coefficient (Wildman–Crippen LogP) is 2.18. The molecule has 8 heteroatoms. The molecule has 0 aromatic carbocycles. The lowest BCUT2D eigenvalue weighted by Gasteiger charge is -2.36. The van der Waals surface area contributed by atoms with Gasteiger partial charge in [-0.3, -0.25) is 0 Å². The Morgan fingerprint density at radius 3 is 2.15 bits per heavy atom. The third-order valence-corrected chi connectivity index (χ3v) is 4.01. The number of pyridine rings is 1. The number of ether oxygens (including phenoxy) is 1. The normalized spacial score (nSPS) is 15.0. The van der Waals surface area contributed by atoms with E-state index in [1.165, 1.54) is 0 Å². The minimum absolute atomic E-state index is 0.251. The van der Waals surface area contributed by atoms with Crippen LogP contribution in [0.4, 0.5) is 16.6 Å². The van der Waals surface area contributed by atoms with Gasteiger partial charge in [-0.2, -0.15) is 0 Å². The zero-order valence-electron chi connectivity index (χ0n) is 15.3. The molecule has 1 amide bonds. The Balaban J connectivity index is 1.59. The Bertz CT molecular complexity index is 747. The molecular weight excluding hydrogens is 332 g/mol. The Hall–Kier alpha value is -2.90. The molecule has 8 nitrogen and oxygen atoms in total. The largest absolute Gasteiger partial charge is 0.444 e. The van der Waals surface area contributed by atoms with Crippen molar-refractivity contribution in [2.45, 2.75) is 26.4 Å². The third-order valence-electron chi connectivity index (χ3n) is 4.01. The lowest BCUT2D eigenvalue weighted by Crippen LogP contribution is -2.50. The highest BCUT2D eigenvalue weighted by Crippen LogP contribution is 2.21. The van der Waals surface area contributed by atoms with E-state index in [0.29, 0.717) is 13.1 Å². The quantitative estimate of drug-likeness (QED) is 0.880. The van der Waals surface area contributed by atoms with Crippen LogP contribution in [-0.2, 0) is 4.74 Å². The first-order chi connectivity index (χ1) is 12.3. The summed E-state index contributed by atoms with van der Waals surface area (Å²) in [6.07, 6.45) is 4.89. The second-order valence-electron chi connectivity index (χ2n) is 7.19. The number of nitrogens with zero attached hydrogens (tertiary/aromatic N) is 5. The van der Waals surface area contributed by atoms with Gasteiger partial charge in [-0.1, -0.05) is 0 Å². The molecule has 2 aromatic rings. The van der Waals surface area contributed by atoms with E-state index in [1.54, 1.807) is 23.5 Å². The first kappa shape index (κ1) is 17.9. The molecule has 0 atom stereocenters. The summed E-state index contributed by atoms with van der Waals surface area (Å²) in [5, 5.41) is 0. The summed E-state index contributed by atoms with van der Waals surface area (Å²) in [6, 6.07) is 3.95. The van der Waals surface area contributed by atoms with Crippen molar-refractivity contribution in [2.24, 2.45) is 0 Å². The van der Waals surface area contributed by atoms with E-state index in [-0.39, 0.29) is 12.0 Å². The number of nitrogen functional groups attached to an aromatic ring is 1. The van der Waals surface area contributed by atoms with Crippen LogP contribution in [0.25, 0.3) is 11.1 Å². The van der Waals surface area contributed by atoms with E-state index >= 15 is 0 Å². The summed E-state index contributed by atoms with van der Waals surface area (Å²) in [4.78, 5) is 28.6. The number of aromatic nitrogens is 3. The lowest BCUT2D eigenvalue weighted by atomic mass is 10.1. The zero-order chi connectivity index (χ0) is 18.7. The second kappa shape index (κ2) is 7.15. The summed E-state index contributed by atoms with van der Waals surface area (Å²) in [7, 11) is 0. The van der Waals surface area contributed by atoms with Gasteiger partial charge in [-0.25, -0.2) is 19.7 Å². The average Bonchev–Trinajstić information content (AvgIpc) is 2.61. The molecule has 0 saturated carbocycles. The van der Waals surface area contributed by atoms with Crippen LogP contribution in [0.5, 0.6) is 0 Å². The van der Waals surface area contributed by atoms with Gasteiger partial charge in [-0.05, 0) is 32.9 Å². The van der Waals surface area contributed by atoms with E-state index in [9.17, 15) is 4.79 Å². The molecule has 0 spiro atoms. The maximum absolute atomic E-state index is 12.1. The number of hydrogen-bond donors (Lipinski definition) is 1. The molecule has 3 rings (SSSR count). The molecule has 26 heavy (non-hydrogen) atoms. The minimum Gasteiger partial charge on any atom is -0.444 e. The minimum atomic E-state index is -0.475. The summed E-state index contributed by atoms with van der Waals surface area (Å²) >= 11 is 0. The fraction of sp³-hybridized carbons (Fsp3) is 0.444. The highest BCUT2D eigenvalue weighted by atomic mass is 16.6. The van der Waals surface area contributed by atoms with Crippen LogP contribution in [0, 0.1) is 0 Å². The smallest absolute Gasteiger partial charge is 0.410 e. The number of piperazine rings is 1. The molecule has 1 aliphatic heterocycles. The highest BCUT2D eigenvalue weighted by Gasteiger charge is 2.26. The maximum atomic E-state index is 12.1. The van der Waals surface area contributed by atoms with Gasteiger partial charge in [0.1, 0.15) is 11.4 Å². The van der Waals surface area contributed by atoms with E-state index in [4.69, 9.17) is 10.5 Å². The monoisotopic (exact) mass is 356 g/mol. The highest BCUT2D eigenvalue weighted by molar-refractivity contribution is 5.68. The number of anilines is 2. The zero-order valence-corrected chi connectivity index (χ0v) is 15.3. The standard InChI is InChI=1S/C18H24N6O2/c1-18(2,3)26-17(25)24-8-6-23(7-9-24)15-5-4-13(10-20-15)14-11-21-16(19)22-12-14/h4-5,10-12H,6-9H2,1-3H3,(H2,19,21,22). The maximum Gasteiger partial charge on any atom is 0.410 e. The molecular formula is C18H24N6O2. The van der Waals surface area contributed by atoms with Gasteiger partial charge in [0.25, 0.3) is 0 Å². The molecule has 0 aliphatic carbocycles. The topological polar surface area (TPSA) is 97.5 Å². The fourth-order valence-corrected chi connectivity index (χ4v) is 2.68. The predicted molar refractivity (Wildman–Crippen MR) is 99.7 cm³/mol. The molecule has 1 fully saturated rings. The molecule has 0 radical (unpaired) electrons. The van der Waals surface area contributed by atoms with Crippen molar-refractivity contribution in [3.05, 3.63) is 30.7 Å². The van der Waals surface area contributed by atoms with Crippen LogP contribution in [0.1, 0.15) is 20.8 Å². The Labute approximate surface area is 153 Å². The van der Waals surface area contributed by atoms with Gasteiger partial charge < -0.3 is 20.3 Å². The molecule has 2 aromatic heterocycles. The van der Waals surface area contributed by atoms with E-state index in [1.807, 2.05) is 32.9 Å². The average molecular weight is 356 g/mol. The Morgan fingerprint density at radius 2 is 1.62 bits per heavy atom. The molecule has 138 valence electrons. The molecule has 0 unspecified atom stereocenters. The van der Waals surface area contributed by atoms with Crippen molar-refractivity contribution in [1.82, 2.24) is 19.9 Å². The third kappa shape index (κ3) is 4.38. The van der Waals surface area contributed by atoms with Gasteiger partial charge in [0, 0.05) is 55.9 Å². The Morgan fingerprint density at radius 1 is 1.00 bits per heavy atom. The van der Waals surface area contributed by atoms with E-state index in [0.717, 1.165) is 30.0 Å². The number of carbonyl (C=O) groups excluding carboxylic acids is 1. The van der Waals surface area contributed by atoms with Crippen molar-refractivity contribution < 1.29 is 9.53 Å². The van der Waals surface area contributed by atoms with Crippen LogP contribution >= 0.6 is 0 Å². The first-order valence-corrected chi connectivity index (χ1v) is 8.59. The summed E-state index contributed by atoms with van der Waals surface area (Å²) in [6.45, 7) is 8.29. The number of carbonyl (C=O) groups is 1. The van der Waals surface area contributed by atoms with Gasteiger partial charge in [-0.15, -0.1) is 0 Å². The van der Waals surface area contributed by atoms with Gasteiger partial charge in [0.2, 0.25) is 5.95 Å². The van der Waals surface area contributed by atoms with Crippen molar-refractivity contribution >= 4 is 17.9 Å².